The Labute approximate surface area is 221 Å². The molecule has 0 saturated carbocycles. The van der Waals surface area contributed by atoms with Gasteiger partial charge in [-0.3, -0.25) is 0 Å². The van der Waals surface area contributed by atoms with Gasteiger partial charge in [0.1, 0.15) is 5.60 Å². The minimum Gasteiger partial charge on any atom is -0.379 e. The second-order valence-corrected chi connectivity index (χ2v) is 11.6. The molecule has 0 spiro atoms. The van der Waals surface area contributed by atoms with Crippen molar-refractivity contribution >= 4 is 31.8 Å². The number of nitrogens with zero attached hydrogens (tertiary/aromatic N) is 3. The number of rotatable bonds is 6. The Bertz CT molecular complexity index is 1880. The van der Waals surface area contributed by atoms with E-state index in [1.165, 1.54) is 3.97 Å². The van der Waals surface area contributed by atoms with E-state index in [1.54, 1.807) is 49.8 Å². The zero-order chi connectivity index (χ0) is 26.5. The van der Waals surface area contributed by atoms with Crippen molar-refractivity contribution in [3.05, 3.63) is 132 Å². The number of fused-ring (bicyclic) bond motifs is 3. The number of aromatic nitrogens is 3. The molecule has 0 radical (unpaired) electrons. The first-order chi connectivity index (χ1) is 18.3. The van der Waals surface area contributed by atoms with E-state index in [9.17, 15) is 13.5 Å². The molecular weight excluding hydrogens is 494 g/mol. The molecule has 1 N–H and O–H groups in total. The van der Waals surface area contributed by atoms with Crippen molar-refractivity contribution in [3.8, 4) is 0 Å². The lowest BCUT2D eigenvalue weighted by atomic mass is 9.91. The van der Waals surface area contributed by atoms with Crippen molar-refractivity contribution in [3.63, 3.8) is 0 Å². The maximum absolute atomic E-state index is 14.0. The van der Waals surface area contributed by atoms with Crippen molar-refractivity contribution in [2.75, 3.05) is 0 Å². The van der Waals surface area contributed by atoms with E-state index < -0.39 is 15.6 Å². The lowest BCUT2D eigenvalue weighted by molar-refractivity contribution is 0.0936. The third-order valence-electron chi connectivity index (χ3n) is 7.16. The zero-order valence-corrected chi connectivity index (χ0v) is 21.9. The van der Waals surface area contributed by atoms with E-state index in [0.717, 1.165) is 21.9 Å². The van der Waals surface area contributed by atoms with Gasteiger partial charge in [0, 0.05) is 17.3 Å². The number of aliphatic hydroxyl groups is 1. The molecule has 6 rings (SSSR count). The molecule has 0 aliphatic carbocycles. The number of hydrogen-bond donors (Lipinski definition) is 1. The van der Waals surface area contributed by atoms with Crippen LogP contribution in [0.4, 0.5) is 0 Å². The van der Waals surface area contributed by atoms with Gasteiger partial charge in [0.05, 0.1) is 34.1 Å². The van der Waals surface area contributed by atoms with Crippen molar-refractivity contribution in [2.24, 2.45) is 0 Å². The maximum Gasteiger partial charge on any atom is 0.268 e. The average molecular weight is 522 g/mol. The molecule has 7 heteroatoms. The molecule has 0 fully saturated rings. The number of para-hydroxylation sites is 1. The molecule has 0 aliphatic heterocycles. The number of imidazole rings is 1. The van der Waals surface area contributed by atoms with Gasteiger partial charge in [-0.25, -0.2) is 17.4 Å². The fourth-order valence-corrected chi connectivity index (χ4v) is 6.61. The average Bonchev–Trinajstić information content (AvgIpc) is 3.52. The summed E-state index contributed by atoms with van der Waals surface area (Å²) in [6.45, 7) is 4.19. The summed E-state index contributed by atoms with van der Waals surface area (Å²) in [5.74, 6) is 0. The summed E-state index contributed by atoms with van der Waals surface area (Å²) in [5.41, 5.74) is 2.94. The van der Waals surface area contributed by atoms with Crippen LogP contribution in [0.25, 0.3) is 21.8 Å². The molecule has 38 heavy (non-hydrogen) atoms. The van der Waals surface area contributed by atoms with Crippen LogP contribution in [0.2, 0.25) is 0 Å². The van der Waals surface area contributed by atoms with Gasteiger partial charge in [-0.15, -0.1) is 0 Å². The molecule has 6 nitrogen and oxygen atoms in total. The Hall–Kier alpha value is -4.20. The van der Waals surface area contributed by atoms with Gasteiger partial charge in [-0.05, 0) is 49.2 Å². The van der Waals surface area contributed by atoms with Crippen LogP contribution in [0, 0.1) is 6.92 Å². The molecule has 0 bridgehead atoms. The van der Waals surface area contributed by atoms with E-state index >= 15 is 0 Å². The van der Waals surface area contributed by atoms with Crippen LogP contribution in [0.3, 0.4) is 0 Å². The van der Waals surface area contributed by atoms with Gasteiger partial charge in [-0.1, -0.05) is 78.4 Å². The molecule has 0 saturated heterocycles. The fraction of sp³-hybridized carbons (Fsp3) is 0.129. The van der Waals surface area contributed by atoms with Crippen LogP contribution in [0.5, 0.6) is 0 Å². The van der Waals surface area contributed by atoms with Crippen LogP contribution in [0.15, 0.2) is 114 Å². The standard InChI is InChI=1S/C31H27N3O3S/c1-22-12-15-25(16-13-22)38(36,37)34-28-11-7-6-10-26(28)27-17-14-24(18-29(27)34)31(2,35)30-19-32-21-33(30)20-23-8-4-3-5-9-23/h3-19,21,35H,20H2,1-2H3. The Morgan fingerprint density at radius 1 is 0.842 bits per heavy atom. The Kier molecular flexibility index (Phi) is 5.70. The zero-order valence-electron chi connectivity index (χ0n) is 21.1. The van der Waals surface area contributed by atoms with Gasteiger partial charge >= 0.3 is 0 Å². The minimum atomic E-state index is -3.91. The summed E-state index contributed by atoms with van der Waals surface area (Å²) in [6.07, 6.45) is 3.36. The predicted molar refractivity (Wildman–Crippen MR) is 150 cm³/mol. The molecule has 0 aliphatic rings. The normalized spacial score (nSPS) is 13.7. The number of hydrogen-bond acceptors (Lipinski definition) is 4. The third kappa shape index (κ3) is 3.91. The maximum atomic E-state index is 14.0. The third-order valence-corrected chi connectivity index (χ3v) is 8.90. The summed E-state index contributed by atoms with van der Waals surface area (Å²) in [4.78, 5) is 4.52. The quantitative estimate of drug-likeness (QED) is 0.299. The first-order valence-electron chi connectivity index (χ1n) is 12.4. The van der Waals surface area contributed by atoms with Crippen LogP contribution in [-0.2, 0) is 22.2 Å². The van der Waals surface area contributed by atoms with Gasteiger partial charge in [-0.2, -0.15) is 0 Å². The smallest absolute Gasteiger partial charge is 0.268 e. The van der Waals surface area contributed by atoms with E-state index in [2.05, 4.69) is 4.98 Å². The highest BCUT2D eigenvalue weighted by molar-refractivity contribution is 7.90. The lowest BCUT2D eigenvalue weighted by Crippen LogP contribution is -2.26. The first kappa shape index (κ1) is 24.2. The topological polar surface area (TPSA) is 77.1 Å². The highest BCUT2D eigenvalue weighted by Gasteiger charge is 2.31. The highest BCUT2D eigenvalue weighted by atomic mass is 32.2. The molecular formula is C31H27N3O3S. The van der Waals surface area contributed by atoms with Crippen LogP contribution >= 0.6 is 0 Å². The van der Waals surface area contributed by atoms with Crippen LogP contribution in [0.1, 0.15) is 29.3 Å². The molecule has 0 amide bonds. The Morgan fingerprint density at radius 2 is 1.53 bits per heavy atom. The number of aryl methyl sites for hydroxylation is 1. The molecule has 1 unspecified atom stereocenters. The molecule has 2 aromatic heterocycles. The van der Waals surface area contributed by atoms with Crippen molar-refractivity contribution in [1.82, 2.24) is 13.5 Å². The predicted octanol–water partition coefficient (Wildman–Crippen LogP) is 5.84. The monoisotopic (exact) mass is 521 g/mol. The van der Waals surface area contributed by atoms with E-state index in [-0.39, 0.29) is 4.90 Å². The van der Waals surface area contributed by atoms with Crippen molar-refractivity contribution < 1.29 is 13.5 Å². The number of benzene rings is 4. The second kappa shape index (κ2) is 8.97. The largest absolute Gasteiger partial charge is 0.379 e. The van der Waals surface area contributed by atoms with E-state index in [4.69, 9.17) is 0 Å². The van der Waals surface area contributed by atoms with E-state index in [0.29, 0.717) is 28.8 Å². The summed E-state index contributed by atoms with van der Waals surface area (Å²) >= 11 is 0. The van der Waals surface area contributed by atoms with Gasteiger partial charge in [0.25, 0.3) is 10.0 Å². The summed E-state index contributed by atoms with van der Waals surface area (Å²) < 4.78 is 31.2. The fourth-order valence-electron chi connectivity index (χ4n) is 5.09. The van der Waals surface area contributed by atoms with Crippen LogP contribution in [-0.4, -0.2) is 27.0 Å². The van der Waals surface area contributed by atoms with Gasteiger partial charge in [0.15, 0.2) is 0 Å². The van der Waals surface area contributed by atoms with E-state index in [1.807, 2.05) is 78.2 Å². The summed E-state index contributed by atoms with van der Waals surface area (Å²) in [5, 5.41) is 13.5. The van der Waals surface area contributed by atoms with Crippen molar-refractivity contribution in [1.29, 1.82) is 0 Å². The minimum absolute atomic E-state index is 0.212. The molecule has 4 aromatic carbocycles. The Morgan fingerprint density at radius 3 is 2.29 bits per heavy atom. The molecule has 2 heterocycles. The van der Waals surface area contributed by atoms with Crippen molar-refractivity contribution in [2.45, 2.75) is 30.9 Å². The Balaban J connectivity index is 1.53. The van der Waals surface area contributed by atoms with Crippen LogP contribution < -0.4 is 0 Å². The second-order valence-electron chi connectivity index (χ2n) is 9.80. The highest BCUT2D eigenvalue weighted by Crippen LogP contribution is 2.37. The molecule has 6 aromatic rings. The van der Waals surface area contributed by atoms with Gasteiger partial charge < -0.3 is 9.67 Å². The lowest BCUT2D eigenvalue weighted by Gasteiger charge is -2.26. The molecule has 190 valence electrons. The summed E-state index contributed by atoms with van der Waals surface area (Å²) in [6, 6.07) is 29.8. The van der Waals surface area contributed by atoms with Gasteiger partial charge in [0.2, 0.25) is 0 Å². The SMILES string of the molecule is Cc1ccc(S(=O)(=O)n2c3ccccc3c3ccc(C(C)(O)c4cncn4Cc4ccccc4)cc32)cc1. The first-order valence-corrected chi connectivity index (χ1v) is 13.8. The molecule has 1 atom stereocenters. The summed E-state index contributed by atoms with van der Waals surface area (Å²) in [7, 11) is -3.91.